The molecule has 0 aliphatic rings. The number of primary amides is 1. The Labute approximate surface area is 75.6 Å². The Morgan fingerprint density at radius 1 is 1.38 bits per heavy atom. The van der Waals surface area contributed by atoms with E-state index in [9.17, 15) is 4.79 Å². The topological polar surface area (TPSA) is 58.9 Å². The van der Waals surface area contributed by atoms with Gasteiger partial charge in [0.1, 0.15) is 0 Å². The Bertz CT molecular complexity index is 445. The van der Waals surface area contributed by atoms with E-state index < -0.39 is 5.91 Å². The summed E-state index contributed by atoms with van der Waals surface area (Å²) in [4.78, 5) is 13.7. The van der Waals surface area contributed by atoms with E-state index in [1.54, 1.807) is 0 Å². The average Bonchev–Trinajstić information content (AvgIpc) is 2.49. The molecule has 1 aromatic carbocycles. The number of aromatic amines is 1. The normalized spacial score (nSPS) is 10.5. The average molecular weight is 173 g/mol. The quantitative estimate of drug-likeness (QED) is 0.704. The molecule has 2 aromatic rings. The lowest BCUT2D eigenvalue weighted by atomic mass is 10.1. The molecule has 0 spiro atoms. The van der Waals surface area contributed by atoms with Crippen LogP contribution >= 0.6 is 0 Å². The molecule has 1 radical (unpaired) electrons. The molecule has 0 atom stereocenters. The highest BCUT2D eigenvalue weighted by Crippen LogP contribution is 2.14. The van der Waals surface area contributed by atoms with Gasteiger partial charge in [-0.05, 0) is 23.1 Å². The summed E-state index contributed by atoms with van der Waals surface area (Å²) in [6, 6.07) is 7.67. The predicted molar refractivity (Wildman–Crippen MR) is 50.9 cm³/mol. The Balaban J connectivity index is 2.42. The molecular weight excluding hydrogens is 164 g/mol. The maximum atomic E-state index is 10.6. The molecule has 1 amide bonds. The van der Waals surface area contributed by atoms with Crippen LogP contribution in [-0.4, -0.2) is 10.9 Å². The molecular formula is C10H9N2O. The molecule has 13 heavy (non-hydrogen) atoms. The highest BCUT2D eigenvalue weighted by Gasteiger charge is 2.00. The van der Waals surface area contributed by atoms with Crippen molar-refractivity contribution >= 4 is 16.8 Å². The van der Waals surface area contributed by atoms with Crippen LogP contribution in [0, 0.1) is 6.42 Å². The van der Waals surface area contributed by atoms with Gasteiger partial charge in [0.05, 0.1) is 6.42 Å². The molecule has 0 bridgehead atoms. The van der Waals surface area contributed by atoms with Crippen LogP contribution in [0.15, 0.2) is 30.5 Å². The third kappa shape index (κ3) is 1.54. The minimum Gasteiger partial charge on any atom is -0.369 e. The van der Waals surface area contributed by atoms with Crippen molar-refractivity contribution in [3.05, 3.63) is 42.4 Å². The lowest BCUT2D eigenvalue weighted by Gasteiger charge is -1.96. The summed E-state index contributed by atoms with van der Waals surface area (Å²) in [6.45, 7) is 0. The lowest BCUT2D eigenvalue weighted by molar-refractivity contribution is -0.114. The molecule has 0 saturated heterocycles. The fourth-order valence-corrected chi connectivity index (χ4v) is 1.32. The Morgan fingerprint density at radius 2 is 2.23 bits per heavy atom. The summed E-state index contributed by atoms with van der Waals surface area (Å²) in [7, 11) is 0. The van der Waals surface area contributed by atoms with E-state index >= 15 is 0 Å². The standard InChI is InChI=1S/C10H9N2O/c11-10(13)6-7-1-2-8-3-4-12-9(8)5-7/h1-6,12H,(H2,11,13). The number of carbonyl (C=O) groups excluding carboxylic acids is 1. The molecule has 3 heteroatoms. The van der Waals surface area contributed by atoms with Crippen LogP contribution in [0.4, 0.5) is 0 Å². The second-order valence-corrected chi connectivity index (χ2v) is 2.87. The van der Waals surface area contributed by atoms with Gasteiger partial charge in [0.2, 0.25) is 5.91 Å². The fraction of sp³-hybridized carbons (Fsp3) is 0. The highest BCUT2D eigenvalue weighted by atomic mass is 16.1. The van der Waals surface area contributed by atoms with E-state index in [0.717, 1.165) is 16.5 Å². The number of fused-ring (bicyclic) bond motifs is 1. The van der Waals surface area contributed by atoms with E-state index in [2.05, 4.69) is 4.98 Å². The molecule has 3 nitrogen and oxygen atoms in total. The van der Waals surface area contributed by atoms with Crippen LogP contribution in [0.5, 0.6) is 0 Å². The van der Waals surface area contributed by atoms with Crippen LogP contribution in [0.25, 0.3) is 10.9 Å². The summed E-state index contributed by atoms with van der Waals surface area (Å²) in [6.07, 6.45) is 3.26. The van der Waals surface area contributed by atoms with Crippen molar-refractivity contribution in [2.45, 2.75) is 0 Å². The third-order valence-corrected chi connectivity index (χ3v) is 1.89. The van der Waals surface area contributed by atoms with Gasteiger partial charge in [0.15, 0.2) is 0 Å². The summed E-state index contributed by atoms with van der Waals surface area (Å²) in [5.74, 6) is -0.425. The zero-order valence-electron chi connectivity index (χ0n) is 6.95. The van der Waals surface area contributed by atoms with Crippen molar-refractivity contribution in [1.82, 2.24) is 4.98 Å². The van der Waals surface area contributed by atoms with Crippen LogP contribution in [0.3, 0.4) is 0 Å². The molecule has 1 aromatic heterocycles. The van der Waals surface area contributed by atoms with E-state index in [0.29, 0.717) is 0 Å². The van der Waals surface area contributed by atoms with Gasteiger partial charge in [0, 0.05) is 11.7 Å². The molecule has 0 aliphatic carbocycles. The minimum atomic E-state index is -0.425. The van der Waals surface area contributed by atoms with Gasteiger partial charge in [-0.1, -0.05) is 12.1 Å². The second-order valence-electron chi connectivity index (χ2n) is 2.87. The monoisotopic (exact) mass is 173 g/mol. The third-order valence-electron chi connectivity index (χ3n) is 1.89. The van der Waals surface area contributed by atoms with Crippen LogP contribution in [0.2, 0.25) is 0 Å². The van der Waals surface area contributed by atoms with Gasteiger partial charge >= 0.3 is 0 Å². The number of hydrogen-bond acceptors (Lipinski definition) is 1. The molecule has 0 aliphatic heterocycles. The maximum Gasteiger partial charge on any atom is 0.226 e. The zero-order chi connectivity index (χ0) is 9.26. The molecule has 1 heterocycles. The Kier molecular flexibility index (Phi) is 1.77. The maximum absolute atomic E-state index is 10.6. The summed E-state index contributed by atoms with van der Waals surface area (Å²) in [5, 5.41) is 1.13. The SMILES string of the molecule is NC(=O)[CH]c1ccc2cc[nH]c2c1. The molecule has 0 saturated carbocycles. The molecule has 0 unspecified atom stereocenters. The first-order valence-corrected chi connectivity index (χ1v) is 3.97. The van der Waals surface area contributed by atoms with E-state index in [1.165, 1.54) is 6.42 Å². The summed E-state index contributed by atoms with van der Waals surface area (Å²) >= 11 is 0. The van der Waals surface area contributed by atoms with Crippen LogP contribution in [0.1, 0.15) is 5.56 Å². The summed E-state index contributed by atoms with van der Waals surface area (Å²) < 4.78 is 0. The van der Waals surface area contributed by atoms with Gasteiger partial charge in [0.25, 0.3) is 0 Å². The number of rotatable bonds is 2. The van der Waals surface area contributed by atoms with Gasteiger partial charge in [-0.15, -0.1) is 0 Å². The molecule has 3 N–H and O–H groups in total. The van der Waals surface area contributed by atoms with Crippen molar-refractivity contribution in [3.63, 3.8) is 0 Å². The minimum absolute atomic E-state index is 0.425. The van der Waals surface area contributed by atoms with Gasteiger partial charge in [-0.2, -0.15) is 0 Å². The second kappa shape index (κ2) is 2.94. The first kappa shape index (κ1) is 7.86. The fourth-order valence-electron chi connectivity index (χ4n) is 1.32. The first-order chi connectivity index (χ1) is 6.25. The van der Waals surface area contributed by atoms with Crippen molar-refractivity contribution in [2.75, 3.05) is 0 Å². The van der Waals surface area contributed by atoms with E-state index in [1.807, 2.05) is 30.5 Å². The lowest BCUT2D eigenvalue weighted by Crippen LogP contribution is -2.11. The van der Waals surface area contributed by atoms with Gasteiger partial charge in [-0.3, -0.25) is 4.79 Å². The zero-order valence-corrected chi connectivity index (χ0v) is 6.95. The van der Waals surface area contributed by atoms with Crippen molar-refractivity contribution in [3.8, 4) is 0 Å². The van der Waals surface area contributed by atoms with E-state index in [4.69, 9.17) is 5.73 Å². The van der Waals surface area contributed by atoms with Crippen molar-refractivity contribution < 1.29 is 4.79 Å². The number of aromatic nitrogens is 1. The van der Waals surface area contributed by atoms with Gasteiger partial charge < -0.3 is 10.7 Å². The molecule has 2 rings (SSSR count). The van der Waals surface area contributed by atoms with Crippen molar-refractivity contribution in [1.29, 1.82) is 0 Å². The van der Waals surface area contributed by atoms with Crippen molar-refractivity contribution in [2.24, 2.45) is 5.73 Å². The number of carbonyl (C=O) groups is 1. The summed E-state index contributed by atoms with van der Waals surface area (Å²) in [5.41, 5.74) is 6.87. The van der Waals surface area contributed by atoms with Gasteiger partial charge in [-0.25, -0.2) is 0 Å². The predicted octanol–water partition coefficient (Wildman–Crippen LogP) is 1.21. The molecule has 0 fully saturated rings. The smallest absolute Gasteiger partial charge is 0.226 e. The first-order valence-electron chi connectivity index (χ1n) is 3.97. The Hall–Kier alpha value is -1.77. The van der Waals surface area contributed by atoms with E-state index in [-0.39, 0.29) is 0 Å². The largest absolute Gasteiger partial charge is 0.369 e. The molecule has 65 valence electrons. The number of amides is 1. The number of nitrogens with two attached hydrogens (primary N) is 1. The number of hydrogen-bond donors (Lipinski definition) is 2. The Morgan fingerprint density at radius 3 is 3.00 bits per heavy atom. The highest BCUT2D eigenvalue weighted by molar-refractivity contribution is 5.89. The number of nitrogens with one attached hydrogen (secondary N) is 1. The van der Waals surface area contributed by atoms with Crippen LogP contribution < -0.4 is 5.73 Å². The van der Waals surface area contributed by atoms with Crippen LogP contribution in [-0.2, 0) is 4.79 Å². The number of H-pyrrole nitrogens is 1. The number of benzene rings is 1.